The highest BCUT2D eigenvalue weighted by molar-refractivity contribution is 9.10. The molecule has 0 saturated carbocycles. The van der Waals surface area contributed by atoms with Gasteiger partial charge in [-0.05, 0) is 37.0 Å². The Morgan fingerprint density at radius 2 is 1.81 bits per heavy atom. The molecule has 1 nitrogen and oxygen atoms in total. The molecule has 0 spiro atoms. The van der Waals surface area contributed by atoms with E-state index in [1.165, 1.54) is 18.4 Å². The molecule has 0 heterocycles. The normalized spacial score (nSPS) is 14.8. The average Bonchev–Trinajstić information content (AvgIpc) is 2.28. The Balaban J connectivity index is 2.31. The summed E-state index contributed by atoms with van der Waals surface area (Å²) in [5, 5.41) is 3.57. The molecule has 0 aromatic heterocycles. The van der Waals surface area contributed by atoms with Crippen LogP contribution < -0.4 is 5.32 Å². The van der Waals surface area contributed by atoms with Crippen LogP contribution in [0.15, 0.2) is 28.7 Å². The van der Waals surface area contributed by atoms with Crippen LogP contribution in [0.1, 0.15) is 39.2 Å². The van der Waals surface area contributed by atoms with Crippen molar-refractivity contribution in [3.05, 3.63) is 34.3 Å². The Morgan fingerprint density at radius 1 is 1.19 bits per heavy atom. The third kappa shape index (κ3) is 5.13. The lowest BCUT2D eigenvalue weighted by atomic mass is 10.0. The molecule has 1 aromatic rings. The van der Waals surface area contributed by atoms with Crippen molar-refractivity contribution in [1.82, 2.24) is 5.32 Å². The van der Waals surface area contributed by atoms with Gasteiger partial charge in [0, 0.05) is 17.1 Å². The van der Waals surface area contributed by atoms with E-state index in [0.29, 0.717) is 6.04 Å². The van der Waals surface area contributed by atoms with Gasteiger partial charge in [0.2, 0.25) is 0 Å². The van der Waals surface area contributed by atoms with Crippen molar-refractivity contribution in [2.45, 2.75) is 46.2 Å². The van der Waals surface area contributed by atoms with E-state index in [4.69, 9.17) is 0 Å². The molecule has 1 rings (SSSR count). The summed E-state index contributed by atoms with van der Waals surface area (Å²) in [6, 6.07) is 9.10. The molecular formula is C14H22BrN. The molecule has 0 radical (unpaired) electrons. The van der Waals surface area contributed by atoms with Gasteiger partial charge < -0.3 is 5.32 Å². The lowest BCUT2D eigenvalue weighted by Gasteiger charge is -2.17. The second-order valence-electron chi connectivity index (χ2n) is 4.66. The van der Waals surface area contributed by atoms with E-state index >= 15 is 0 Å². The minimum atomic E-state index is 0.596. The zero-order chi connectivity index (χ0) is 12.0. The van der Waals surface area contributed by atoms with E-state index < -0.39 is 0 Å². The molecule has 1 N–H and O–H groups in total. The maximum Gasteiger partial charge on any atom is 0.0207 e. The summed E-state index contributed by atoms with van der Waals surface area (Å²) in [6.07, 6.45) is 2.53. The zero-order valence-corrected chi connectivity index (χ0v) is 12.0. The third-order valence-corrected chi connectivity index (χ3v) is 3.55. The quantitative estimate of drug-likeness (QED) is 0.818. The number of nitrogens with one attached hydrogen (secondary N) is 1. The van der Waals surface area contributed by atoms with Crippen LogP contribution in [0.25, 0.3) is 0 Å². The van der Waals surface area contributed by atoms with Crippen molar-refractivity contribution in [3.63, 3.8) is 0 Å². The number of hydrogen-bond acceptors (Lipinski definition) is 1. The molecule has 16 heavy (non-hydrogen) atoms. The minimum absolute atomic E-state index is 0.596. The van der Waals surface area contributed by atoms with E-state index in [1.54, 1.807) is 0 Å². The van der Waals surface area contributed by atoms with Gasteiger partial charge in [-0.1, -0.05) is 48.3 Å². The van der Waals surface area contributed by atoms with Gasteiger partial charge in [0.25, 0.3) is 0 Å². The van der Waals surface area contributed by atoms with Gasteiger partial charge in [0.15, 0.2) is 0 Å². The first-order chi connectivity index (χ1) is 7.61. The summed E-state index contributed by atoms with van der Waals surface area (Å²) in [6.45, 7) is 7.81. The summed E-state index contributed by atoms with van der Waals surface area (Å²) < 4.78 is 1.14. The number of benzene rings is 1. The van der Waals surface area contributed by atoms with Crippen LogP contribution >= 0.6 is 15.9 Å². The van der Waals surface area contributed by atoms with Gasteiger partial charge in [-0.3, -0.25) is 0 Å². The topological polar surface area (TPSA) is 12.0 Å². The molecule has 0 bridgehead atoms. The number of hydrogen-bond donors (Lipinski definition) is 1. The summed E-state index contributed by atoms with van der Waals surface area (Å²) in [5.74, 6) is 0.812. The van der Waals surface area contributed by atoms with Gasteiger partial charge in [0.1, 0.15) is 0 Å². The van der Waals surface area contributed by atoms with E-state index in [2.05, 4.69) is 66.3 Å². The number of rotatable bonds is 6. The Morgan fingerprint density at radius 3 is 2.38 bits per heavy atom. The number of halogens is 1. The summed E-state index contributed by atoms with van der Waals surface area (Å²) in [7, 11) is 0. The van der Waals surface area contributed by atoms with Crippen molar-refractivity contribution >= 4 is 15.9 Å². The van der Waals surface area contributed by atoms with Gasteiger partial charge in [-0.2, -0.15) is 0 Å². The Bertz CT molecular complexity index is 294. The van der Waals surface area contributed by atoms with Gasteiger partial charge in [-0.15, -0.1) is 0 Å². The molecule has 2 unspecified atom stereocenters. The van der Waals surface area contributed by atoms with Crippen LogP contribution in [0.2, 0.25) is 0 Å². The molecule has 0 amide bonds. The summed E-state index contributed by atoms with van der Waals surface area (Å²) in [4.78, 5) is 0. The largest absolute Gasteiger partial charge is 0.310 e. The second kappa shape index (κ2) is 7.08. The fourth-order valence-corrected chi connectivity index (χ4v) is 2.01. The minimum Gasteiger partial charge on any atom is -0.310 e. The Labute approximate surface area is 108 Å². The van der Waals surface area contributed by atoms with Gasteiger partial charge in [-0.25, -0.2) is 0 Å². The average molecular weight is 284 g/mol. The molecule has 0 aliphatic heterocycles. The summed E-state index contributed by atoms with van der Waals surface area (Å²) >= 11 is 3.45. The van der Waals surface area contributed by atoms with E-state index in [9.17, 15) is 0 Å². The predicted molar refractivity (Wildman–Crippen MR) is 74.5 cm³/mol. The SMILES string of the molecule is CCC(C)CC(C)NCc1ccc(Br)cc1. The van der Waals surface area contributed by atoms with E-state index in [-0.39, 0.29) is 0 Å². The molecule has 0 fully saturated rings. The monoisotopic (exact) mass is 283 g/mol. The first-order valence-electron chi connectivity index (χ1n) is 6.09. The first kappa shape index (κ1) is 13.7. The predicted octanol–water partition coefficient (Wildman–Crippen LogP) is 4.36. The van der Waals surface area contributed by atoms with Crippen LogP contribution in [-0.2, 0) is 6.54 Å². The van der Waals surface area contributed by atoms with Crippen molar-refractivity contribution in [2.24, 2.45) is 5.92 Å². The smallest absolute Gasteiger partial charge is 0.0207 e. The Hall–Kier alpha value is -0.340. The van der Waals surface area contributed by atoms with Crippen LogP contribution in [0.5, 0.6) is 0 Å². The molecule has 1 aromatic carbocycles. The third-order valence-electron chi connectivity index (χ3n) is 3.02. The fourth-order valence-electron chi connectivity index (χ4n) is 1.75. The highest BCUT2D eigenvalue weighted by Crippen LogP contribution is 2.12. The molecule has 2 atom stereocenters. The lowest BCUT2D eigenvalue weighted by Crippen LogP contribution is -2.27. The zero-order valence-electron chi connectivity index (χ0n) is 10.5. The highest BCUT2D eigenvalue weighted by atomic mass is 79.9. The van der Waals surface area contributed by atoms with Crippen LogP contribution in [0.3, 0.4) is 0 Å². The summed E-state index contributed by atoms with van der Waals surface area (Å²) in [5.41, 5.74) is 1.35. The molecular weight excluding hydrogens is 262 g/mol. The van der Waals surface area contributed by atoms with Crippen LogP contribution in [0.4, 0.5) is 0 Å². The van der Waals surface area contributed by atoms with Crippen LogP contribution in [0, 0.1) is 5.92 Å². The second-order valence-corrected chi connectivity index (χ2v) is 5.57. The van der Waals surface area contributed by atoms with Crippen molar-refractivity contribution in [3.8, 4) is 0 Å². The molecule has 2 heteroatoms. The van der Waals surface area contributed by atoms with Crippen molar-refractivity contribution in [2.75, 3.05) is 0 Å². The van der Waals surface area contributed by atoms with Crippen molar-refractivity contribution < 1.29 is 0 Å². The maximum atomic E-state index is 3.57. The molecule has 0 aliphatic carbocycles. The Kier molecular flexibility index (Phi) is 6.07. The van der Waals surface area contributed by atoms with Crippen LogP contribution in [-0.4, -0.2) is 6.04 Å². The van der Waals surface area contributed by atoms with E-state index in [1.807, 2.05) is 0 Å². The highest BCUT2D eigenvalue weighted by Gasteiger charge is 2.06. The molecule has 90 valence electrons. The molecule has 0 saturated heterocycles. The lowest BCUT2D eigenvalue weighted by molar-refractivity contribution is 0.412. The van der Waals surface area contributed by atoms with Gasteiger partial charge in [0.05, 0.1) is 0 Å². The standard InChI is InChI=1S/C14H22BrN/c1-4-11(2)9-12(3)16-10-13-5-7-14(15)8-6-13/h5-8,11-12,16H,4,9-10H2,1-3H3. The maximum absolute atomic E-state index is 3.57. The fraction of sp³-hybridized carbons (Fsp3) is 0.571. The van der Waals surface area contributed by atoms with Crippen molar-refractivity contribution in [1.29, 1.82) is 0 Å². The first-order valence-corrected chi connectivity index (χ1v) is 6.89. The molecule has 0 aliphatic rings. The van der Waals surface area contributed by atoms with Gasteiger partial charge >= 0.3 is 0 Å². The van der Waals surface area contributed by atoms with E-state index in [0.717, 1.165) is 16.9 Å².